The fraction of sp³-hybridized carbons (Fsp3) is 0.833. The van der Waals surface area contributed by atoms with Crippen molar-refractivity contribution in [3.05, 3.63) is 11.3 Å². The van der Waals surface area contributed by atoms with Gasteiger partial charge in [0.05, 0.1) is 18.8 Å². The first-order valence-electron chi connectivity index (χ1n) is 6.50. The molecule has 0 aromatic carbocycles. The number of ether oxygens (including phenoxy) is 3. The molecule has 1 rings (SSSR count). The lowest BCUT2D eigenvalue weighted by Gasteiger charge is -2.26. The molecule has 2 unspecified atom stereocenters. The van der Waals surface area contributed by atoms with Gasteiger partial charge in [-0.1, -0.05) is 12.4 Å². The van der Waals surface area contributed by atoms with Gasteiger partial charge in [-0.3, -0.25) is 4.57 Å². The average molecular weight is 304 g/mol. The zero-order valence-electron chi connectivity index (χ0n) is 12.3. The summed E-state index contributed by atoms with van der Waals surface area (Å²) >= 11 is 0. The maximum atomic E-state index is 11.5. The molecule has 5 atom stereocenters. The molecule has 1 fully saturated rings. The molecule has 0 amide bonds. The Morgan fingerprint density at radius 3 is 2.75 bits per heavy atom. The molecule has 1 N–H and O–H groups in total. The second-order valence-corrected chi connectivity index (χ2v) is 6.48. The molecule has 1 aliphatic rings. The molecule has 1 saturated heterocycles. The Hall–Kier alpha value is -0.165. The second kappa shape index (κ2) is 7.73. The fourth-order valence-electron chi connectivity index (χ4n) is 1.91. The van der Waals surface area contributed by atoms with E-state index >= 15 is 0 Å². The van der Waals surface area contributed by atoms with Crippen molar-refractivity contribution in [1.29, 1.82) is 0 Å². The maximum absolute atomic E-state index is 11.5. The molecule has 114 valence electrons. The third-order valence-electron chi connectivity index (χ3n) is 3.27. The number of rotatable bonds is 7. The van der Waals surface area contributed by atoms with Crippen LogP contribution in [0.4, 0.5) is 0 Å². The fourth-order valence-corrected chi connectivity index (χ4v) is 2.54. The summed E-state index contributed by atoms with van der Waals surface area (Å²) in [4.78, 5) is 9.44. The van der Waals surface area contributed by atoms with E-state index in [1.807, 2.05) is 13.8 Å². The van der Waals surface area contributed by atoms with Crippen molar-refractivity contribution in [2.45, 2.75) is 44.7 Å². The molecule has 0 saturated carbocycles. The summed E-state index contributed by atoms with van der Waals surface area (Å²) in [6.45, 7) is 4.26. The van der Waals surface area contributed by atoms with Crippen LogP contribution in [0.15, 0.2) is 11.3 Å². The van der Waals surface area contributed by atoms with E-state index in [-0.39, 0.29) is 17.7 Å². The van der Waals surface area contributed by atoms with Gasteiger partial charge in [-0.25, -0.2) is 0 Å². The molecule has 20 heavy (non-hydrogen) atoms. The van der Waals surface area contributed by atoms with Crippen molar-refractivity contribution < 1.29 is 28.2 Å². The number of methoxy groups -OCH3 is 1. The molecule has 0 aliphatic carbocycles. The lowest BCUT2D eigenvalue weighted by atomic mass is 9.88. The van der Waals surface area contributed by atoms with Gasteiger partial charge in [0, 0.05) is 20.0 Å². The van der Waals surface area contributed by atoms with Gasteiger partial charge in [0.1, 0.15) is 20.1 Å². The van der Waals surface area contributed by atoms with E-state index < -0.39 is 19.8 Å². The first kappa shape index (κ1) is 17.9. The van der Waals surface area contributed by atoms with Crippen LogP contribution in [0.25, 0.3) is 0 Å². The number of hydrogen-bond acceptors (Lipinski definition) is 5. The van der Waals surface area contributed by atoms with Gasteiger partial charge in [0.2, 0.25) is 0 Å². The lowest BCUT2D eigenvalue weighted by molar-refractivity contribution is -0.0733. The normalized spacial score (nSPS) is 32.0. The molecule has 1 heterocycles. The summed E-state index contributed by atoms with van der Waals surface area (Å²) in [5, 5.41) is 0. The summed E-state index contributed by atoms with van der Waals surface area (Å²) in [6, 6.07) is 0. The predicted octanol–water partition coefficient (Wildman–Crippen LogP) is 1.43. The molecule has 0 aromatic heterocycles. The van der Waals surface area contributed by atoms with Crippen LogP contribution >= 0.6 is 7.60 Å². The van der Waals surface area contributed by atoms with Gasteiger partial charge in [0.15, 0.2) is 0 Å². The van der Waals surface area contributed by atoms with Gasteiger partial charge < -0.3 is 23.6 Å². The van der Waals surface area contributed by atoms with Gasteiger partial charge in [0.25, 0.3) is 0 Å². The van der Waals surface area contributed by atoms with E-state index in [1.54, 1.807) is 7.11 Å². The first-order chi connectivity index (χ1) is 9.34. The van der Waals surface area contributed by atoms with Crippen LogP contribution in [-0.2, 0) is 23.3 Å². The van der Waals surface area contributed by atoms with E-state index in [9.17, 15) is 9.46 Å². The van der Waals surface area contributed by atoms with Crippen molar-refractivity contribution in [2.24, 2.45) is 0 Å². The third-order valence-corrected chi connectivity index (χ3v) is 4.42. The minimum atomic E-state index is -3.84. The summed E-state index contributed by atoms with van der Waals surface area (Å²) in [6.07, 6.45) is -0.452. The van der Waals surface area contributed by atoms with E-state index in [4.69, 9.17) is 22.1 Å². The summed E-state index contributed by atoms with van der Waals surface area (Å²) < 4.78 is 32.7. The van der Waals surface area contributed by atoms with Crippen molar-refractivity contribution in [3.8, 4) is 0 Å². The summed E-state index contributed by atoms with van der Waals surface area (Å²) in [5.74, 6) is 0.989. The third kappa shape index (κ3) is 4.69. The monoisotopic (exact) mass is 304 g/mol. The average Bonchev–Trinajstić information content (AvgIpc) is 2.80. The zero-order chi connectivity index (χ0) is 15.3. The molecule has 0 bridgehead atoms. The van der Waals surface area contributed by atoms with Gasteiger partial charge >= 0.3 is 7.60 Å². The highest BCUT2D eigenvalue weighted by Gasteiger charge is 2.40. The molecule has 0 spiro atoms. The molecule has 8 heteroatoms. The Kier molecular flexibility index (Phi) is 6.92. The standard InChI is InChI=1S/C12H22BO6P/c1-5-8(2)19-12-10(16-3)6-18-11(12)9(13)7-20(14,15)17-4/h7-8,10-12H,5-6H2,1-4H3,(H,14,15)/b9-7-/t8?,10-,11+,12-/m0/s1. The van der Waals surface area contributed by atoms with Crippen LogP contribution in [0.5, 0.6) is 0 Å². The molecular formula is C12H22BO6P. The van der Waals surface area contributed by atoms with Gasteiger partial charge in [-0.15, -0.1) is 0 Å². The van der Waals surface area contributed by atoms with Crippen molar-refractivity contribution >= 4 is 15.4 Å². The SMILES string of the molecule is [B]/C(=C\P(=O)(O)OC)[C@H]1OC[C@H](OC)[C@@H]1OC(C)CC. The van der Waals surface area contributed by atoms with Crippen LogP contribution in [0, 0.1) is 0 Å². The molecule has 2 radical (unpaired) electrons. The highest BCUT2D eigenvalue weighted by molar-refractivity contribution is 7.56. The zero-order valence-corrected chi connectivity index (χ0v) is 13.2. The molecule has 1 aliphatic heterocycles. The predicted molar refractivity (Wildman–Crippen MR) is 75.8 cm³/mol. The Morgan fingerprint density at radius 2 is 2.25 bits per heavy atom. The van der Waals surface area contributed by atoms with Crippen molar-refractivity contribution in [1.82, 2.24) is 0 Å². The summed E-state index contributed by atoms with van der Waals surface area (Å²) in [7, 11) is 4.72. The minimum absolute atomic E-state index is 0.0120. The molecule has 0 aromatic rings. The Labute approximate surface area is 121 Å². The quantitative estimate of drug-likeness (QED) is 0.566. The Balaban J connectivity index is 2.88. The smallest absolute Gasteiger partial charge is 0.350 e. The largest absolute Gasteiger partial charge is 0.376 e. The van der Waals surface area contributed by atoms with Gasteiger partial charge in [-0.2, -0.15) is 0 Å². The second-order valence-electron chi connectivity index (χ2n) is 4.72. The van der Waals surface area contributed by atoms with Crippen LogP contribution in [0.3, 0.4) is 0 Å². The van der Waals surface area contributed by atoms with Crippen LogP contribution in [0.2, 0.25) is 0 Å². The minimum Gasteiger partial charge on any atom is -0.376 e. The topological polar surface area (TPSA) is 74.2 Å². The van der Waals surface area contributed by atoms with Crippen molar-refractivity contribution in [3.63, 3.8) is 0 Å². The Bertz CT molecular complexity index is 388. The lowest BCUT2D eigenvalue weighted by Crippen LogP contribution is -2.38. The van der Waals surface area contributed by atoms with E-state index in [0.29, 0.717) is 6.61 Å². The van der Waals surface area contributed by atoms with Crippen molar-refractivity contribution in [2.75, 3.05) is 20.8 Å². The van der Waals surface area contributed by atoms with E-state index in [0.717, 1.165) is 19.3 Å². The Morgan fingerprint density at radius 1 is 1.60 bits per heavy atom. The van der Waals surface area contributed by atoms with Crippen LogP contribution in [-0.4, -0.2) is 58.0 Å². The maximum Gasteiger partial charge on any atom is 0.350 e. The van der Waals surface area contributed by atoms with Gasteiger partial charge in [-0.05, 0) is 13.3 Å². The summed E-state index contributed by atoms with van der Waals surface area (Å²) in [5.41, 5.74) is 0.116. The number of hydrogen-bond donors (Lipinski definition) is 1. The highest BCUT2D eigenvalue weighted by Crippen LogP contribution is 2.44. The molecular weight excluding hydrogens is 282 g/mol. The van der Waals surface area contributed by atoms with E-state index in [2.05, 4.69) is 4.52 Å². The molecule has 6 nitrogen and oxygen atoms in total. The first-order valence-corrected chi connectivity index (χ1v) is 8.15. The highest BCUT2D eigenvalue weighted by atomic mass is 31.2. The van der Waals surface area contributed by atoms with Crippen LogP contribution in [0.1, 0.15) is 20.3 Å². The van der Waals surface area contributed by atoms with Crippen LogP contribution < -0.4 is 0 Å². The van der Waals surface area contributed by atoms with E-state index in [1.165, 1.54) is 0 Å².